The first-order chi connectivity index (χ1) is 11.3. The predicted octanol–water partition coefficient (Wildman–Crippen LogP) is 3.67. The summed E-state index contributed by atoms with van der Waals surface area (Å²) in [6.07, 6.45) is -0.623. The molecule has 2 amide bonds. The Morgan fingerprint density at radius 1 is 0.917 bits per heavy atom. The van der Waals surface area contributed by atoms with E-state index in [1.807, 2.05) is 32.0 Å². The maximum atomic E-state index is 12.2. The van der Waals surface area contributed by atoms with Gasteiger partial charge in [0, 0.05) is 18.3 Å². The van der Waals surface area contributed by atoms with Gasteiger partial charge in [0.15, 0.2) is 6.10 Å². The van der Waals surface area contributed by atoms with E-state index in [4.69, 9.17) is 4.74 Å². The molecule has 0 aliphatic carbocycles. The number of benzene rings is 2. The molecule has 0 saturated carbocycles. The second kappa shape index (κ2) is 7.64. The van der Waals surface area contributed by atoms with Gasteiger partial charge < -0.3 is 15.4 Å². The lowest BCUT2D eigenvalue weighted by molar-refractivity contribution is -0.122. The number of hydrogen-bond acceptors (Lipinski definition) is 3. The SMILES string of the molecule is CC(=O)Nc1ccc(NC(=O)[C@@H](C)Oc2ccc(C)c(C)c2)cc1. The number of amides is 2. The van der Waals surface area contributed by atoms with Crippen molar-refractivity contribution < 1.29 is 14.3 Å². The normalized spacial score (nSPS) is 11.5. The smallest absolute Gasteiger partial charge is 0.265 e. The molecule has 0 fully saturated rings. The maximum Gasteiger partial charge on any atom is 0.265 e. The molecule has 24 heavy (non-hydrogen) atoms. The standard InChI is InChI=1S/C19H22N2O3/c1-12-5-10-18(11-13(12)2)24-14(3)19(23)21-17-8-6-16(7-9-17)20-15(4)22/h5-11,14H,1-4H3,(H,20,22)(H,21,23)/t14-/m1/s1. The zero-order valence-electron chi connectivity index (χ0n) is 14.3. The minimum absolute atomic E-state index is 0.137. The number of nitrogens with one attached hydrogen (secondary N) is 2. The molecular formula is C19H22N2O3. The Kier molecular flexibility index (Phi) is 5.58. The molecule has 0 radical (unpaired) electrons. The second-order valence-corrected chi connectivity index (χ2v) is 5.75. The van der Waals surface area contributed by atoms with Crippen molar-refractivity contribution >= 4 is 23.2 Å². The molecule has 5 heteroatoms. The van der Waals surface area contributed by atoms with Crippen LogP contribution in [0.2, 0.25) is 0 Å². The Labute approximate surface area is 142 Å². The van der Waals surface area contributed by atoms with Gasteiger partial charge in [0.2, 0.25) is 5.91 Å². The molecule has 0 aliphatic heterocycles. The molecule has 0 spiro atoms. The first kappa shape index (κ1) is 17.5. The largest absolute Gasteiger partial charge is 0.481 e. The molecule has 0 saturated heterocycles. The second-order valence-electron chi connectivity index (χ2n) is 5.75. The van der Waals surface area contributed by atoms with Crippen molar-refractivity contribution in [1.29, 1.82) is 0 Å². The third kappa shape index (κ3) is 4.84. The Morgan fingerprint density at radius 2 is 1.50 bits per heavy atom. The average molecular weight is 326 g/mol. The van der Waals surface area contributed by atoms with E-state index >= 15 is 0 Å². The molecule has 0 heterocycles. The van der Waals surface area contributed by atoms with E-state index in [1.165, 1.54) is 12.5 Å². The molecule has 2 aromatic carbocycles. The molecule has 2 N–H and O–H groups in total. The highest BCUT2D eigenvalue weighted by Gasteiger charge is 2.15. The molecule has 2 rings (SSSR count). The van der Waals surface area contributed by atoms with Crippen LogP contribution in [0.5, 0.6) is 5.75 Å². The first-order valence-electron chi connectivity index (χ1n) is 7.77. The van der Waals surface area contributed by atoms with Gasteiger partial charge >= 0.3 is 0 Å². The fraction of sp³-hybridized carbons (Fsp3) is 0.263. The average Bonchev–Trinajstić information content (AvgIpc) is 2.52. The van der Waals surface area contributed by atoms with Crippen molar-refractivity contribution in [3.8, 4) is 5.75 Å². The summed E-state index contributed by atoms with van der Waals surface area (Å²) >= 11 is 0. The molecule has 126 valence electrons. The van der Waals surface area contributed by atoms with Crippen LogP contribution in [0, 0.1) is 13.8 Å². The van der Waals surface area contributed by atoms with E-state index in [-0.39, 0.29) is 11.8 Å². The van der Waals surface area contributed by atoms with Crippen LogP contribution in [0.3, 0.4) is 0 Å². The van der Waals surface area contributed by atoms with Gasteiger partial charge in [0.25, 0.3) is 5.91 Å². The quantitative estimate of drug-likeness (QED) is 0.881. The highest BCUT2D eigenvalue weighted by Crippen LogP contribution is 2.19. The highest BCUT2D eigenvalue weighted by atomic mass is 16.5. The van der Waals surface area contributed by atoms with Crippen LogP contribution >= 0.6 is 0 Å². The van der Waals surface area contributed by atoms with Gasteiger partial charge in [-0.3, -0.25) is 9.59 Å². The van der Waals surface area contributed by atoms with E-state index in [9.17, 15) is 9.59 Å². The van der Waals surface area contributed by atoms with Gasteiger partial charge in [-0.25, -0.2) is 0 Å². The van der Waals surface area contributed by atoms with Crippen molar-refractivity contribution in [3.63, 3.8) is 0 Å². The lowest BCUT2D eigenvalue weighted by Crippen LogP contribution is -2.30. The fourth-order valence-electron chi connectivity index (χ4n) is 2.13. The lowest BCUT2D eigenvalue weighted by Gasteiger charge is -2.16. The van der Waals surface area contributed by atoms with Gasteiger partial charge in [0.05, 0.1) is 0 Å². The van der Waals surface area contributed by atoms with Gasteiger partial charge in [-0.1, -0.05) is 6.07 Å². The van der Waals surface area contributed by atoms with Crippen LogP contribution in [-0.4, -0.2) is 17.9 Å². The van der Waals surface area contributed by atoms with Gasteiger partial charge in [-0.15, -0.1) is 0 Å². The Morgan fingerprint density at radius 3 is 2.04 bits per heavy atom. The summed E-state index contributed by atoms with van der Waals surface area (Å²) < 4.78 is 5.69. The molecule has 5 nitrogen and oxygen atoms in total. The van der Waals surface area contributed by atoms with E-state index < -0.39 is 6.10 Å². The summed E-state index contributed by atoms with van der Waals surface area (Å²) in [5, 5.41) is 5.47. The molecule has 0 unspecified atom stereocenters. The molecular weight excluding hydrogens is 304 g/mol. The van der Waals surface area contributed by atoms with Crippen LogP contribution in [-0.2, 0) is 9.59 Å². The molecule has 0 aromatic heterocycles. The maximum absolute atomic E-state index is 12.2. The Bertz CT molecular complexity index is 739. The predicted molar refractivity (Wildman–Crippen MR) is 95.4 cm³/mol. The number of aryl methyl sites for hydroxylation is 2. The van der Waals surface area contributed by atoms with E-state index in [2.05, 4.69) is 10.6 Å². The van der Waals surface area contributed by atoms with Gasteiger partial charge in [-0.05, 0) is 68.3 Å². The summed E-state index contributed by atoms with van der Waals surface area (Å²) in [6, 6.07) is 12.7. The van der Waals surface area contributed by atoms with Crippen molar-refractivity contribution in [2.75, 3.05) is 10.6 Å². The fourth-order valence-corrected chi connectivity index (χ4v) is 2.13. The topological polar surface area (TPSA) is 67.4 Å². The minimum Gasteiger partial charge on any atom is -0.481 e. The molecule has 2 aromatic rings. The van der Waals surface area contributed by atoms with Gasteiger partial charge in [0.1, 0.15) is 5.75 Å². The van der Waals surface area contributed by atoms with Crippen LogP contribution < -0.4 is 15.4 Å². The molecule has 1 atom stereocenters. The number of carbonyl (C=O) groups is 2. The summed E-state index contributed by atoms with van der Waals surface area (Å²) in [5.74, 6) is 0.296. The number of anilines is 2. The van der Waals surface area contributed by atoms with Crippen molar-refractivity contribution in [2.24, 2.45) is 0 Å². The van der Waals surface area contributed by atoms with Crippen LogP contribution in [0.15, 0.2) is 42.5 Å². The third-order valence-corrected chi connectivity index (χ3v) is 3.63. The van der Waals surface area contributed by atoms with Crippen LogP contribution in [0.25, 0.3) is 0 Å². The van der Waals surface area contributed by atoms with E-state index in [1.54, 1.807) is 31.2 Å². The van der Waals surface area contributed by atoms with Crippen molar-refractivity contribution in [1.82, 2.24) is 0 Å². The van der Waals surface area contributed by atoms with Gasteiger partial charge in [-0.2, -0.15) is 0 Å². The Balaban J connectivity index is 1.95. The van der Waals surface area contributed by atoms with Crippen LogP contribution in [0.4, 0.5) is 11.4 Å². The van der Waals surface area contributed by atoms with Crippen molar-refractivity contribution in [3.05, 3.63) is 53.6 Å². The molecule has 0 aliphatic rings. The number of ether oxygens (including phenoxy) is 1. The minimum atomic E-state index is -0.623. The van der Waals surface area contributed by atoms with Crippen LogP contribution in [0.1, 0.15) is 25.0 Å². The monoisotopic (exact) mass is 326 g/mol. The number of hydrogen-bond donors (Lipinski definition) is 2. The van der Waals surface area contributed by atoms with E-state index in [0.29, 0.717) is 17.1 Å². The summed E-state index contributed by atoms with van der Waals surface area (Å²) in [5.41, 5.74) is 3.62. The van der Waals surface area contributed by atoms with Crippen molar-refractivity contribution in [2.45, 2.75) is 33.8 Å². The summed E-state index contributed by atoms with van der Waals surface area (Å²) in [6.45, 7) is 7.18. The summed E-state index contributed by atoms with van der Waals surface area (Å²) in [7, 11) is 0. The summed E-state index contributed by atoms with van der Waals surface area (Å²) in [4.78, 5) is 23.2. The molecule has 0 bridgehead atoms. The zero-order chi connectivity index (χ0) is 17.7. The highest BCUT2D eigenvalue weighted by molar-refractivity contribution is 5.94. The number of rotatable bonds is 5. The zero-order valence-corrected chi connectivity index (χ0v) is 14.3. The lowest BCUT2D eigenvalue weighted by atomic mass is 10.1. The Hall–Kier alpha value is -2.82. The third-order valence-electron chi connectivity index (χ3n) is 3.63. The first-order valence-corrected chi connectivity index (χ1v) is 7.77. The van der Waals surface area contributed by atoms with E-state index in [0.717, 1.165) is 5.56 Å². The number of carbonyl (C=O) groups excluding carboxylic acids is 2.